The van der Waals surface area contributed by atoms with Gasteiger partial charge in [0.15, 0.2) is 0 Å². The number of carbonyl (C=O) groups is 1. The molecule has 0 spiro atoms. The van der Waals surface area contributed by atoms with Crippen LogP contribution in [0.3, 0.4) is 0 Å². The average Bonchev–Trinajstić information content (AvgIpc) is 3.47. The summed E-state index contributed by atoms with van der Waals surface area (Å²) in [6.45, 7) is 1.98. The highest BCUT2D eigenvalue weighted by molar-refractivity contribution is 7.09. The summed E-state index contributed by atoms with van der Waals surface area (Å²) in [6.07, 6.45) is 1.63. The van der Waals surface area contributed by atoms with Crippen LogP contribution in [0.1, 0.15) is 41.4 Å². The molecule has 0 aliphatic carbocycles. The van der Waals surface area contributed by atoms with E-state index in [9.17, 15) is 4.79 Å². The number of hydrogen-bond acceptors (Lipinski definition) is 5. The predicted molar refractivity (Wildman–Crippen MR) is 115 cm³/mol. The molecule has 0 saturated heterocycles. The van der Waals surface area contributed by atoms with Gasteiger partial charge >= 0.3 is 0 Å². The molecular formula is C23H23N3O2S. The zero-order chi connectivity index (χ0) is 20.2. The van der Waals surface area contributed by atoms with Gasteiger partial charge in [-0.05, 0) is 18.1 Å². The van der Waals surface area contributed by atoms with E-state index in [1.54, 1.807) is 29.5 Å². The largest absolute Gasteiger partial charge is 0.382 e. The second kappa shape index (κ2) is 8.57. The molecule has 3 aromatic rings. The van der Waals surface area contributed by atoms with E-state index in [0.29, 0.717) is 6.42 Å². The monoisotopic (exact) mass is 405 g/mol. The Labute approximate surface area is 174 Å². The van der Waals surface area contributed by atoms with Gasteiger partial charge in [-0.1, -0.05) is 65.8 Å². The van der Waals surface area contributed by atoms with Crippen molar-refractivity contribution in [1.82, 2.24) is 9.88 Å². The Kier molecular flexibility index (Phi) is 5.71. The van der Waals surface area contributed by atoms with E-state index in [2.05, 4.69) is 34.4 Å². The van der Waals surface area contributed by atoms with Crippen molar-refractivity contribution >= 4 is 23.0 Å². The van der Waals surface area contributed by atoms with Crippen LogP contribution in [-0.4, -0.2) is 34.7 Å². The van der Waals surface area contributed by atoms with Crippen molar-refractivity contribution in [2.75, 3.05) is 7.05 Å². The summed E-state index contributed by atoms with van der Waals surface area (Å²) in [7, 11) is 1.79. The molecule has 1 aliphatic heterocycles. The lowest BCUT2D eigenvalue weighted by molar-refractivity contribution is -0.142. The number of amides is 1. The first-order valence-electron chi connectivity index (χ1n) is 9.63. The predicted octanol–water partition coefficient (Wildman–Crippen LogP) is 4.64. The van der Waals surface area contributed by atoms with Crippen LogP contribution in [0.15, 0.2) is 77.4 Å². The minimum Gasteiger partial charge on any atom is -0.382 e. The number of carbonyl (C=O) groups excluding carboxylic acids is 1. The van der Waals surface area contributed by atoms with Gasteiger partial charge in [-0.15, -0.1) is 11.3 Å². The molecule has 29 heavy (non-hydrogen) atoms. The number of benzene rings is 2. The fraction of sp³-hybridized carbons (Fsp3) is 0.261. The average molecular weight is 406 g/mol. The van der Waals surface area contributed by atoms with Gasteiger partial charge in [-0.2, -0.15) is 0 Å². The zero-order valence-electron chi connectivity index (χ0n) is 16.4. The Morgan fingerprint density at radius 2 is 1.72 bits per heavy atom. The van der Waals surface area contributed by atoms with Crippen LogP contribution < -0.4 is 0 Å². The molecule has 1 aliphatic rings. The van der Waals surface area contributed by atoms with Crippen LogP contribution in [0.2, 0.25) is 0 Å². The smallest absolute Gasteiger partial charge is 0.267 e. The second-order valence-electron chi connectivity index (χ2n) is 7.13. The van der Waals surface area contributed by atoms with Crippen molar-refractivity contribution in [3.63, 3.8) is 0 Å². The molecule has 2 heterocycles. The third kappa shape index (κ3) is 4.07. The Balaban J connectivity index is 1.53. The van der Waals surface area contributed by atoms with E-state index >= 15 is 0 Å². The Bertz CT molecular complexity index is 934. The molecule has 5 nitrogen and oxygen atoms in total. The van der Waals surface area contributed by atoms with Crippen LogP contribution in [-0.2, 0) is 9.63 Å². The summed E-state index contributed by atoms with van der Waals surface area (Å²) in [5.74, 6) is -0.108. The lowest BCUT2D eigenvalue weighted by Gasteiger charge is -2.25. The first-order chi connectivity index (χ1) is 14.1. The van der Waals surface area contributed by atoms with Crippen molar-refractivity contribution in [2.24, 2.45) is 5.16 Å². The van der Waals surface area contributed by atoms with E-state index in [-0.39, 0.29) is 17.9 Å². The topological polar surface area (TPSA) is 54.8 Å². The highest BCUT2D eigenvalue weighted by Gasteiger charge is 2.36. The molecule has 0 bridgehead atoms. The summed E-state index contributed by atoms with van der Waals surface area (Å²) in [6, 6.07) is 20.3. The van der Waals surface area contributed by atoms with Gasteiger partial charge in [0.2, 0.25) is 6.10 Å². The maximum atomic E-state index is 13.0. The van der Waals surface area contributed by atoms with Crippen LogP contribution in [0.5, 0.6) is 0 Å². The van der Waals surface area contributed by atoms with Crippen molar-refractivity contribution in [2.45, 2.75) is 31.4 Å². The quantitative estimate of drug-likeness (QED) is 0.600. The first kappa shape index (κ1) is 19.3. The van der Waals surface area contributed by atoms with Crippen LogP contribution in [0.25, 0.3) is 0 Å². The van der Waals surface area contributed by atoms with Gasteiger partial charge in [0.1, 0.15) is 5.01 Å². The van der Waals surface area contributed by atoms with Crippen LogP contribution >= 0.6 is 11.3 Å². The molecule has 0 saturated carbocycles. The minimum atomic E-state index is -0.604. The molecule has 2 atom stereocenters. The fourth-order valence-corrected chi connectivity index (χ4v) is 4.33. The highest BCUT2D eigenvalue weighted by atomic mass is 32.1. The molecule has 0 N–H and O–H groups in total. The molecular weight excluding hydrogens is 382 g/mol. The highest BCUT2D eigenvalue weighted by Crippen LogP contribution is 2.32. The molecule has 148 valence electrons. The minimum absolute atomic E-state index is 0.0307. The normalized spacial score (nSPS) is 16.9. The van der Waals surface area contributed by atoms with Gasteiger partial charge in [0.25, 0.3) is 5.91 Å². The van der Waals surface area contributed by atoms with Crippen LogP contribution in [0, 0.1) is 0 Å². The molecule has 0 unspecified atom stereocenters. The maximum absolute atomic E-state index is 13.0. The SMILES string of the molecule is C[C@H](c1nccs1)N(C)C(=O)[C@@H]1CC(C(c2ccccc2)c2ccccc2)=NO1. The maximum Gasteiger partial charge on any atom is 0.267 e. The lowest BCUT2D eigenvalue weighted by Crippen LogP contribution is -2.38. The van der Waals surface area contributed by atoms with Crippen molar-refractivity contribution < 1.29 is 9.63 Å². The Morgan fingerprint density at radius 1 is 1.10 bits per heavy atom. The summed E-state index contributed by atoms with van der Waals surface area (Å²) in [5.41, 5.74) is 3.15. The second-order valence-corrected chi connectivity index (χ2v) is 8.06. The molecule has 4 rings (SSSR count). The molecule has 0 radical (unpaired) electrons. The number of oxime groups is 1. The molecule has 6 heteroatoms. The van der Waals surface area contributed by atoms with Crippen LogP contribution in [0.4, 0.5) is 0 Å². The summed E-state index contributed by atoms with van der Waals surface area (Å²) in [5, 5.41) is 7.18. The van der Waals surface area contributed by atoms with Gasteiger partial charge < -0.3 is 9.74 Å². The van der Waals surface area contributed by atoms with Crippen molar-refractivity contribution in [3.05, 3.63) is 88.4 Å². The number of nitrogens with zero attached hydrogens (tertiary/aromatic N) is 3. The van der Waals surface area contributed by atoms with E-state index < -0.39 is 6.10 Å². The molecule has 1 amide bonds. The number of aromatic nitrogens is 1. The number of rotatable bonds is 6. The molecule has 0 fully saturated rings. The van der Waals surface area contributed by atoms with Crippen molar-refractivity contribution in [1.29, 1.82) is 0 Å². The summed E-state index contributed by atoms with van der Waals surface area (Å²) >= 11 is 1.54. The van der Waals surface area contributed by atoms with E-state index in [1.165, 1.54) is 0 Å². The summed E-state index contributed by atoms with van der Waals surface area (Å²) < 4.78 is 0. The third-order valence-electron chi connectivity index (χ3n) is 5.30. The van der Waals surface area contributed by atoms with Crippen molar-refractivity contribution in [3.8, 4) is 0 Å². The molecule has 2 aromatic carbocycles. The number of hydrogen-bond donors (Lipinski definition) is 0. The molecule has 1 aromatic heterocycles. The Hall–Kier alpha value is -2.99. The van der Waals surface area contributed by atoms with Gasteiger partial charge in [0, 0.05) is 25.0 Å². The van der Waals surface area contributed by atoms with E-state index in [4.69, 9.17) is 4.84 Å². The number of thiazole rings is 1. The fourth-order valence-electron chi connectivity index (χ4n) is 3.59. The zero-order valence-corrected chi connectivity index (χ0v) is 17.3. The number of likely N-dealkylation sites (N-methyl/N-ethyl adjacent to an activating group) is 1. The van der Waals surface area contributed by atoms with Gasteiger partial charge in [0.05, 0.1) is 17.7 Å². The Morgan fingerprint density at radius 3 is 2.28 bits per heavy atom. The third-order valence-corrected chi connectivity index (χ3v) is 6.25. The van der Waals surface area contributed by atoms with E-state index in [0.717, 1.165) is 21.8 Å². The standard InChI is InChI=1S/C23H23N3O2S/c1-16(22-24-13-14-29-22)26(2)23(27)20-15-19(25-28-20)21(17-9-5-3-6-10-17)18-11-7-4-8-12-18/h3-14,16,20-21H,15H2,1-2H3/t16-,20+/m1/s1. The first-order valence-corrected chi connectivity index (χ1v) is 10.5. The van der Waals surface area contributed by atoms with E-state index in [1.807, 2.05) is 48.7 Å². The van der Waals surface area contributed by atoms with Gasteiger partial charge in [-0.3, -0.25) is 4.79 Å². The van der Waals surface area contributed by atoms with Gasteiger partial charge in [-0.25, -0.2) is 4.98 Å². The summed E-state index contributed by atoms with van der Waals surface area (Å²) in [4.78, 5) is 24.7. The lowest BCUT2D eigenvalue weighted by atomic mass is 9.85.